The molecule has 1 aromatic heterocycles. The Morgan fingerprint density at radius 3 is 2.52 bits per heavy atom. The van der Waals surface area contributed by atoms with Crippen LogP contribution in [-0.4, -0.2) is 15.7 Å². The van der Waals surface area contributed by atoms with Gasteiger partial charge in [-0.25, -0.2) is 4.68 Å². The van der Waals surface area contributed by atoms with Crippen molar-refractivity contribution in [3.8, 4) is 0 Å². The number of allylic oxidation sites excluding steroid dienone is 4. The van der Waals surface area contributed by atoms with Gasteiger partial charge in [0.15, 0.2) is 0 Å². The van der Waals surface area contributed by atoms with E-state index in [4.69, 9.17) is 0 Å². The van der Waals surface area contributed by atoms with E-state index in [-0.39, 0.29) is 35.3 Å². The first-order valence-corrected chi connectivity index (χ1v) is 7.17. The van der Waals surface area contributed by atoms with Gasteiger partial charge in [-0.2, -0.15) is 5.10 Å². The second kappa shape index (κ2) is 9.23. The predicted octanol–water partition coefficient (Wildman–Crippen LogP) is -0.279. The van der Waals surface area contributed by atoms with Crippen molar-refractivity contribution in [1.82, 2.24) is 9.78 Å². The summed E-state index contributed by atoms with van der Waals surface area (Å²) in [7, 11) is 0. The van der Waals surface area contributed by atoms with Crippen molar-refractivity contribution < 1.29 is 39.5 Å². The molecule has 0 saturated carbocycles. The number of carboxylic acid groups (broad SMARTS) is 1. The van der Waals surface area contributed by atoms with Gasteiger partial charge in [0.2, 0.25) is 0 Å². The van der Waals surface area contributed by atoms with Crippen LogP contribution < -0.4 is 34.7 Å². The standard InChI is InChI=1S/C14H18N2O2.C2H6.Na/c1-9-5-4-6-12(8-7-9)16-11(3)10(2)13(15-16)14(17)18;1-2;/h6-9H,4-5H2,1-3H3,(H,17,18);1-2H3;/q;;+1/p-1. The van der Waals surface area contributed by atoms with E-state index in [1.165, 1.54) is 0 Å². The maximum absolute atomic E-state index is 11.0. The second-order valence-corrected chi connectivity index (χ2v) is 4.80. The number of hydrogen-bond acceptors (Lipinski definition) is 3. The number of aromatic carboxylic acids is 1. The first-order valence-electron chi connectivity index (χ1n) is 7.17. The van der Waals surface area contributed by atoms with Gasteiger partial charge in [-0.15, -0.1) is 0 Å². The van der Waals surface area contributed by atoms with Crippen molar-refractivity contribution in [2.24, 2.45) is 5.92 Å². The van der Waals surface area contributed by atoms with Gasteiger partial charge >= 0.3 is 29.6 Å². The Morgan fingerprint density at radius 2 is 2.00 bits per heavy atom. The Hall–Kier alpha value is -0.840. The molecule has 1 aliphatic rings. The molecule has 1 aliphatic carbocycles. The van der Waals surface area contributed by atoms with Gasteiger partial charge in [0.1, 0.15) is 5.69 Å². The molecule has 0 bridgehead atoms. The average Bonchev–Trinajstić information content (AvgIpc) is 2.61. The van der Waals surface area contributed by atoms with Crippen molar-refractivity contribution in [1.29, 1.82) is 0 Å². The SMILES string of the molecule is CC.Cc1c(C(=O)[O-])nn(C2=CCCC(C)C=C2)c1C.[Na+]. The van der Waals surface area contributed by atoms with E-state index < -0.39 is 5.97 Å². The number of aromatic nitrogens is 2. The minimum absolute atomic E-state index is 0. The van der Waals surface area contributed by atoms with Gasteiger partial charge in [-0.05, 0) is 44.2 Å². The van der Waals surface area contributed by atoms with Crippen molar-refractivity contribution in [2.75, 3.05) is 0 Å². The summed E-state index contributed by atoms with van der Waals surface area (Å²) in [6, 6.07) is 0. The van der Waals surface area contributed by atoms with Crippen LogP contribution in [0.15, 0.2) is 18.2 Å². The summed E-state index contributed by atoms with van der Waals surface area (Å²) >= 11 is 0. The van der Waals surface area contributed by atoms with Crippen molar-refractivity contribution in [3.63, 3.8) is 0 Å². The van der Waals surface area contributed by atoms with E-state index >= 15 is 0 Å². The summed E-state index contributed by atoms with van der Waals surface area (Å²) in [4.78, 5) is 11.0. The Kier molecular flexibility index (Phi) is 8.86. The monoisotopic (exact) mass is 298 g/mol. The molecule has 0 spiro atoms. The van der Waals surface area contributed by atoms with E-state index in [1.54, 1.807) is 11.6 Å². The molecule has 110 valence electrons. The Morgan fingerprint density at radius 1 is 1.38 bits per heavy atom. The first kappa shape index (κ1) is 20.2. The van der Waals surface area contributed by atoms with E-state index in [9.17, 15) is 9.90 Å². The molecule has 2 rings (SSSR count). The number of carboxylic acids is 1. The van der Waals surface area contributed by atoms with Crippen LogP contribution >= 0.6 is 0 Å². The molecule has 1 unspecified atom stereocenters. The third kappa shape index (κ3) is 4.83. The second-order valence-electron chi connectivity index (χ2n) is 4.80. The van der Waals surface area contributed by atoms with Crippen LogP contribution in [0.1, 0.15) is 55.4 Å². The number of nitrogens with zero attached hydrogens (tertiary/aromatic N) is 2. The summed E-state index contributed by atoms with van der Waals surface area (Å²) < 4.78 is 1.69. The van der Waals surface area contributed by atoms with Gasteiger partial charge in [0, 0.05) is 5.69 Å². The fourth-order valence-electron chi connectivity index (χ4n) is 2.10. The normalized spacial score (nSPS) is 17.0. The minimum Gasteiger partial charge on any atom is -0.543 e. The number of rotatable bonds is 2. The molecule has 0 N–H and O–H groups in total. The van der Waals surface area contributed by atoms with Gasteiger partial charge in [-0.1, -0.05) is 32.9 Å². The van der Waals surface area contributed by atoms with Crippen LogP contribution in [0.5, 0.6) is 0 Å². The molecule has 0 aliphatic heterocycles. The smallest absolute Gasteiger partial charge is 0.543 e. The average molecular weight is 298 g/mol. The molecule has 4 nitrogen and oxygen atoms in total. The predicted molar refractivity (Wildman–Crippen MR) is 79.2 cm³/mol. The van der Waals surface area contributed by atoms with Crippen LogP contribution in [0, 0.1) is 19.8 Å². The Bertz CT molecular complexity index is 545. The third-order valence-electron chi connectivity index (χ3n) is 3.42. The molecule has 5 heteroatoms. The van der Waals surface area contributed by atoms with Crippen molar-refractivity contribution >= 4 is 11.7 Å². The fourth-order valence-corrected chi connectivity index (χ4v) is 2.10. The molecule has 0 radical (unpaired) electrons. The van der Waals surface area contributed by atoms with Gasteiger partial charge in [0.05, 0.1) is 11.7 Å². The van der Waals surface area contributed by atoms with E-state index in [0.717, 1.165) is 24.2 Å². The molecule has 0 amide bonds. The molecule has 21 heavy (non-hydrogen) atoms. The summed E-state index contributed by atoms with van der Waals surface area (Å²) in [5.74, 6) is -0.683. The third-order valence-corrected chi connectivity index (χ3v) is 3.42. The molecule has 1 aromatic rings. The largest absolute Gasteiger partial charge is 1.00 e. The molecule has 0 fully saturated rings. The zero-order valence-electron chi connectivity index (χ0n) is 13.9. The fraction of sp³-hybridized carbons (Fsp3) is 0.500. The molecule has 1 heterocycles. The quantitative estimate of drug-likeness (QED) is 0.706. The molecular weight excluding hydrogens is 275 g/mol. The topological polar surface area (TPSA) is 57.9 Å². The molecule has 1 atom stereocenters. The van der Waals surface area contributed by atoms with Gasteiger partial charge in [0.25, 0.3) is 0 Å². The van der Waals surface area contributed by atoms with Crippen LogP contribution in [0.25, 0.3) is 5.70 Å². The van der Waals surface area contributed by atoms with Gasteiger partial charge in [-0.3, -0.25) is 0 Å². The maximum atomic E-state index is 11.0. The van der Waals surface area contributed by atoms with Gasteiger partial charge < -0.3 is 9.90 Å². The zero-order chi connectivity index (χ0) is 15.3. The van der Waals surface area contributed by atoms with Crippen LogP contribution in [0.3, 0.4) is 0 Å². The summed E-state index contributed by atoms with van der Waals surface area (Å²) in [6.45, 7) is 9.80. The van der Waals surface area contributed by atoms with E-state index in [1.807, 2.05) is 26.8 Å². The minimum atomic E-state index is -1.22. The van der Waals surface area contributed by atoms with Crippen LogP contribution in [-0.2, 0) is 0 Å². The molecule has 0 saturated heterocycles. The number of hydrogen-bond donors (Lipinski definition) is 0. The zero-order valence-corrected chi connectivity index (χ0v) is 15.9. The Labute approximate surface area is 149 Å². The molecule has 0 aromatic carbocycles. The summed E-state index contributed by atoms with van der Waals surface area (Å²) in [6.07, 6.45) is 8.32. The van der Waals surface area contributed by atoms with E-state index in [0.29, 0.717) is 11.5 Å². The summed E-state index contributed by atoms with van der Waals surface area (Å²) in [5, 5.41) is 15.1. The first-order chi connectivity index (χ1) is 9.50. The maximum Gasteiger partial charge on any atom is 1.00 e. The van der Waals surface area contributed by atoms with Crippen molar-refractivity contribution in [3.05, 3.63) is 35.2 Å². The van der Waals surface area contributed by atoms with E-state index in [2.05, 4.69) is 24.2 Å². The van der Waals surface area contributed by atoms with Crippen LogP contribution in [0.2, 0.25) is 0 Å². The number of carbonyl (C=O) groups excluding carboxylic acids is 1. The van der Waals surface area contributed by atoms with Crippen molar-refractivity contribution in [2.45, 2.75) is 47.5 Å². The summed E-state index contributed by atoms with van der Waals surface area (Å²) in [5.41, 5.74) is 2.48. The Balaban J connectivity index is 0.00000128. The molecular formula is C16H23N2NaO2. The van der Waals surface area contributed by atoms with Crippen LogP contribution in [0.4, 0.5) is 0 Å². The number of carbonyl (C=O) groups is 1.